The van der Waals surface area contributed by atoms with Gasteiger partial charge in [-0.15, -0.1) is 0 Å². The van der Waals surface area contributed by atoms with Crippen LogP contribution in [0.1, 0.15) is 49.4 Å². The van der Waals surface area contributed by atoms with Crippen LogP contribution in [0.4, 0.5) is 0 Å². The van der Waals surface area contributed by atoms with E-state index < -0.39 is 0 Å². The molecule has 0 spiro atoms. The second-order valence-corrected chi connectivity index (χ2v) is 6.24. The SMILES string of the molecule is CC[C@H]1CCCCN1CCCNC(=O)c1cccc(OC)c1OC. The largest absolute Gasteiger partial charge is 0.493 e. The van der Waals surface area contributed by atoms with Crippen molar-refractivity contribution in [3.05, 3.63) is 23.8 Å². The van der Waals surface area contributed by atoms with Gasteiger partial charge >= 0.3 is 0 Å². The molecule has 0 radical (unpaired) electrons. The number of likely N-dealkylation sites (tertiary alicyclic amines) is 1. The van der Waals surface area contributed by atoms with Gasteiger partial charge in [-0.05, 0) is 44.4 Å². The zero-order valence-electron chi connectivity index (χ0n) is 15.1. The standard InChI is InChI=1S/C19H30N2O3/c1-4-15-9-5-6-13-21(15)14-8-12-20-19(22)16-10-7-11-17(23-2)18(16)24-3/h7,10-11,15H,4-6,8-9,12-14H2,1-3H3,(H,20,22)/t15-/m0/s1. The highest BCUT2D eigenvalue weighted by Gasteiger charge is 2.20. The van der Waals surface area contributed by atoms with Gasteiger partial charge in [-0.3, -0.25) is 4.79 Å². The van der Waals surface area contributed by atoms with Gasteiger partial charge in [-0.2, -0.15) is 0 Å². The molecule has 1 atom stereocenters. The number of carbonyl (C=O) groups excluding carboxylic acids is 1. The van der Waals surface area contributed by atoms with Crippen LogP contribution in [0.5, 0.6) is 11.5 Å². The average Bonchev–Trinajstić information content (AvgIpc) is 2.64. The van der Waals surface area contributed by atoms with E-state index in [1.165, 1.54) is 32.2 Å². The average molecular weight is 334 g/mol. The first kappa shape index (κ1) is 18.6. The number of piperidine rings is 1. The van der Waals surface area contributed by atoms with Crippen LogP contribution < -0.4 is 14.8 Å². The van der Waals surface area contributed by atoms with Crippen molar-refractivity contribution in [1.29, 1.82) is 0 Å². The lowest BCUT2D eigenvalue weighted by Gasteiger charge is -2.35. The zero-order chi connectivity index (χ0) is 17.4. The van der Waals surface area contributed by atoms with Crippen LogP contribution in [0.3, 0.4) is 0 Å². The first-order valence-electron chi connectivity index (χ1n) is 8.94. The third-order valence-corrected chi connectivity index (χ3v) is 4.78. The van der Waals surface area contributed by atoms with Gasteiger partial charge in [-0.25, -0.2) is 0 Å². The second kappa shape index (κ2) is 9.52. The van der Waals surface area contributed by atoms with Crippen LogP contribution >= 0.6 is 0 Å². The fraction of sp³-hybridized carbons (Fsp3) is 0.632. The normalized spacial score (nSPS) is 18.2. The molecule has 1 aromatic carbocycles. The Morgan fingerprint density at radius 3 is 2.83 bits per heavy atom. The lowest BCUT2D eigenvalue weighted by atomic mass is 10.00. The molecular formula is C19H30N2O3. The molecule has 5 nitrogen and oxygen atoms in total. The summed E-state index contributed by atoms with van der Waals surface area (Å²) in [6.07, 6.45) is 6.14. The van der Waals surface area contributed by atoms with E-state index in [2.05, 4.69) is 17.1 Å². The predicted molar refractivity (Wildman–Crippen MR) is 96.0 cm³/mol. The van der Waals surface area contributed by atoms with Gasteiger partial charge in [0.05, 0.1) is 19.8 Å². The molecule has 1 heterocycles. The molecule has 0 unspecified atom stereocenters. The first-order valence-corrected chi connectivity index (χ1v) is 8.94. The van der Waals surface area contributed by atoms with E-state index in [1.54, 1.807) is 32.4 Å². The molecule has 0 aliphatic carbocycles. The maximum absolute atomic E-state index is 12.4. The second-order valence-electron chi connectivity index (χ2n) is 6.24. The van der Waals surface area contributed by atoms with Crippen LogP contribution in [0.15, 0.2) is 18.2 Å². The summed E-state index contributed by atoms with van der Waals surface area (Å²) in [5.74, 6) is 0.945. The molecule has 1 fully saturated rings. The number of rotatable bonds is 8. The maximum atomic E-state index is 12.4. The minimum atomic E-state index is -0.114. The van der Waals surface area contributed by atoms with Crippen LogP contribution in [0.25, 0.3) is 0 Å². The number of carbonyl (C=O) groups is 1. The minimum Gasteiger partial charge on any atom is -0.493 e. The Bertz CT molecular complexity index is 533. The van der Waals surface area contributed by atoms with Crippen molar-refractivity contribution in [3.63, 3.8) is 0 Å². The van der Waals surface area contributed by atoms with E-state index in [1.807, 2.05) is 0 Å². The van der Waals surface area contributed by atoms with Crippen LogP contribution in [-0.2, 0) is 0 Å². The molecule has 2 rings (SSSR count). The van der Waals surface area contributed by atoms with Crippen molar-refractivity contribution in [1.82, 2.24) is 10.2 Å². The molecular weight excluding hydrogens is 304 g/mol. The molecule has 5 heteroatoms. The molecule has 24 heavy (non-hydrogen) atoms. The van der Waals surface area contributed by atoms with E-state index in [9.17, 15) is 4.79 Å². The molecule has 1 aromatic rings. The Labute approximate surface area is 145 Å². The fourth-order valence-electron chi connectivity index (χ4n) is 3.46. The number of hydrogen-bond acceptors (Lipinski definition) is 4. The third kappa shape index (κ3) is 4.63. The summed E-state index contributed by atoms with van der Waals surface area (Å²) in [5.41, 5.74) is 0.515. The molecule has 1 aliphatic rings. The number of benzene rings is 1. The molecule has 1 aliphatic heterocycles. The number of para-hydroxylation sites is 1. The highest BCUT2D eigenvalue weighted by Crippen LogP contribution is 2.30. The van der Waals surface area contributed by atoms with Gasteiger partial charge in [0, 0.05) is 19.1 Å². The fourth-order valence-corrected chi connectivity index (χ4v) is 3.46. The Morgan fingerprint density at radius 2 is 2.12 bits per heavy atom. The van der Waals surface area contributed by atoms with Crippen LogP contribution in [0.2, 0.25) is 0 Å². The van der Waals surface area contributed by atoms with Gasteiger partial charge < -0.3 is 19.7 Å². The predicted octanol–water partition coefficient (Wildman–Crippen LogP) is 3.09. The Balaban J connectivity index is 1.83. The lowest BCUT2D eigenvalue weighted by molar-refractivity contribution is 0.0943. The van der Waals surface area contributed by atoms with Gasteiger partial charge in [0.15, 0.2) is 11.5 Å². The number of nitrogens with zero attached hydrogens (tertiary/aromatic N) is 1. The highest BCUT2D eigenvalue weighted by atomic mass is 16.5. The van der Waals surface area contributed by atoms with Crippen molar-refractivity contribution in [3.8, 4) is 11.5 Å². The smallest absolute Gasteiger partial charge is 0.255 e. The molecule has 1 saturated heterocycles. The van der Waals surface area contributed by atoms with Crippen LogP contribution in [-0.4, -0.2) is 50.7 Å². The van der Waals surface area contributed by atoms with Gasteiger partial charge in [-0.1, -0.05) is 19.4 Å². The summed E-state index contributed by atoms with van der Waals surface area (Å²) in [6, 6.07) is 6.06. The number of ether oxygens (including phenoxy) is 2. The number of nitrogens with one attached hydrogen (secondary N) is 1. The molecule has 1 N–H and O–H groups in total. The van der Waals surface area contributed by atoms with Gasteiger partial charge in [0.2, 0.25) is 0 Å². The minimum absolute atomic E-state index is 0.114. The Hall–Kier alpha value is -1.75. The lowest BCUT2D eigenvalue weighted by Crippen LogP contribution is -2.40. The van der Waals surface area contributed by atoms with Crippen molar-refractivity contribution >= 4 is 5.91 Å². The number of amides is 1. The molecule has 0 bridgehead atoms. The van der Waals surface area contributed by atoms with E-state index >= 15 is 0 Å². The quantitative estimate of drug-likeness (QED) is 0.742. The van der Waals surface area contributed by atoms with E-state index in [4.69, 9.17) is 9.47 Å². The monoisotopic (exact) mass is 334 g/mol. The van der Waals surface area contributed by atoms with E-state index in [0.29, 0.717) is 29.6 Å². The molecule has 1 amide bonds. The zero-order valence-corrected chi connectivity index (χ0v) is 15.1. The van der Waals surface area contributed by atoms with Crippen LogP contribution in [0, 0.1) is 0 Å². The number of hydrogen-bond donors (Lipinski definition) is 1. The summed E-state index contributed by atoms with van der Waals surface area (Å²) in [5, 5.41) is 3.00. The highest BCUT2D eigenvalue weighted by molar-refractivity contribution is 5.97. The van der Waals surface area contributed by atoms with Crippen molar-refractivity contribution < 1.29 is 14.3 Å². The molecule has 134 valence electrons. The van der Waals surface area contributed by atoms with Gasteiger partial charge in [0.25, 0.3) is 5.91 Å². The molecule has 0 saturated carbocycles. The van der Waals surface area contributed by atoms with Crippen molar-refractivity contribution in [2.75, 3.05) is 33.9 Å². The summed E-state index contributed by atoms with van der Waals surface area (Å²) in [6.45, 7) is 5.18. The summed E-state index contributed by atoms with van der Waals surface area (Å²) in [7, 11) is 3.12. The summed E-state index contributed by atoms with van der Waals surface area (Å²) < 4.78 is 10.6. The van der Waals surface area contributed by atoms with Crippen molar-refractivity contribution in [2.45, 2.75) is 45.1 Å². The topological polar surface area (TPSA) is 50.8 Å². The molecule has 0 aromatic heterocycles. The van der Waals surface area contributed by atoms with E-state index in [0.717, 1.165) is 13.0 Å². The summed E-state index contributed by atoms with van der Waals surface area (Å²) in [4.78, 5) is 15.0. The Morgan fingerprint density at radius 1 is 1.29 bits per heavy atom. The Kier molecular flexibility index (Phi) is 7.37. The first-order chi connectivity index (χ1) is 11.7. The summed E-state index contributed by atoms with van der Waals surface area (Å²) >= 11 is 0. The van der Waals surface area contributed by atoms with Gasteiger partial charge in [0.1, 0.15) is 0 Å². The maximum Gasteiger partial charge on any atom is 0.255 e. The number of methoxy groups -OCH3 is 2. The third-order valence-electron chi connectivity index (χ3n) is 4.78. The van der Waals surface area contributed by atoms with Crippen molar-refractivity contribution in [2.24, 2.45) is 0 Å². The van der Waals surface area contributed by atoms with E-state index in [-0.39, 0.29) is 5.91 Å².